The number of hydrogen-bond donors (Lipinski definition) is 0. The van der Waals surface area contributed by atoms with Crippen LogP contribution in [0.2, 0.25) is 0 Å². The van der Waals surface area contributed by atoms with E-state index in [0.29, 0.717) is 12.6 Å². The molecular formula is C11H9FN2O. The number of imidazole rings is 1. The topological polar surface area (TPSA) is 27.1 Å². The van der Waals surface area contributed by atoms with Crippen LogP contribution in [-0.2, 0) is 6.54 Å². The molecule has 3 rings (SSSR count). The molecule has 1 aliphatic rings. The van der Waals surface area contributed by atoms with Crippen LogP contribution >= 0.6 is 0 Å². The first-order valence-corrected chi connectivity index (χ1v) is 4.79. The highest BCUT2D eigenvalue weighted by Crippen LogP contribution is 2.24. The van der Waals surface area contributed by atoms with Crippen LogP contribution in [0.5, 0.6) is 6.01 Å². The SMILES string of the molecule is Fc1ccc(-c2cn3c(n2)OCC3)cc1. The maximum absolute atomic E-state index is 12.7. The molecule has 0 N–H and O–H groups in total. The highest BCUT2D eigenvalue weighted by molar-refractivity contribution is 5.59. The summed E-state index contributed by atoms with van der Waals surface area (Å²) in [4.78, 5) is 4.31. The van der Waals surface area contributed by atoms with Gasteiger partial charge in [0, 0.05) is 11.8 Å². The highest BCUT2D eigenvalue weighted by atomic mass is 19.1. The lowest BCUT2D eigenvalue weighted by atomic mass is 10.2. The molecule has 1 aromatic carbocycles. The summed E-state index contributed by atoms with van der Waals surface area (Å²) < 4.78 is 20.0. The second-order valence-electron chi connectivity index (χ2n) is 3.46. The third-order valence-electron chi connectivity index (χ3n) is 2.44. The summed E-state index contributed by atoms with van der Waals surface area (Å²) in [5.41, 5.74) is 1.73. The molecule has 0 unspecified atom stereocenters. The van der Waals surface area contributed by atoms with E-state index in [0.717, 1.165) is 17.8 Å². The van der Waals surface area contributed by atoms with Crippen LogP contribution in [0.15, 0.2) is 30.5 Å². The van der Waals surface area contributed by atoms with Gasteiger partial charge in [-0.15, -0.1) is 0 Å². The fraction of sp³-hybridized carbons (Fsp3) is 0.182. The smallest absolute Gasteiger partial charge is 0.297 e. The van der Waals surface area contributed by atoms with E-state index in [1.54, 1.807) is 12.1 Å². The molecule has 0 atom stereocenters. The summed E-state index contributed by atoms with van der Waals surface area (Å²) in [7, 11) is 0. The molecule has 0 saturated heterocycles. The standard InChI is InChI=1S/C11H9FN2O/c12-9-3-1-8(2-4-9)10-7-14-5-6-15-11(14)13-10/h1-4,7H,5-6H2. The van der Waals surface area contributed by atoms with Crippen LogP contribution in [-0.4, -0.2) is 16.2 Å². The summed E-state index contributed by atoms with van der Waals surface area (Å²) in [6, 6.07) is 6.94. The Bertz CT molecular complexity index is 468. The molecule has 0 radical (unpaired) electrons. The van der Waals surface area contributed by atoms with Crippen molar-refractivity contribution in [3.8, 4) is 17.3 Å². The zero-order valence-corrected chi connectivity index (χ0v) is 7.98. The average Bonchev–Trinajstić information content (AvgIpc) is 2.78. The monoisotopic (exact) mass is 204 g/mol. The third-order valence-corrected chi connectivity index (χ3v) is 2.44. The second-order valence-corrected chi connectivity index (χ2v) is 3.46. The van der Waals surface area contributed by atoms with Crippen molar-refractivity contribution in [1.29, 1.82) is 0 Å². The van der Waals surface area contributed by atoms with Crippen molar-refractivity contribution < 1.29 is 9.13 Å². The summed E-state index contributed by atoms with van der Waals surface area (Å²) in [5, 5.41) is 0. The number of benzene rings is 1. The molecule has 3 nitrogen and oxygen atoms in total. The molecule has 0 aliphatic carbocycles. The van der Waals surface area contributed by atoms with E-state index < -0.39 is 0 Å². The molecule has 15 heavy (non-hydrogen) atoms. The van der Waals surface area contributed by atoms with Crippen LogP contribution in [0, 0.1) is 5.82 Å². The molecule has 4 heteroatoms. The van der Waals surface area contributed by atoms with Crippen molar-refractivity contribution in [3.63, 3.8) is 0 Å². The molecule has 2 aromatic rings. The summed E-state index contributed by atoms with van der Waals surface area (Å²) in [5.74, 6) is -0.234. The van der Waals surface area contributed by atoms with Gasteiger partial charge in [-0.1, -0.05) is 0 Å². The first-order valence-electron chi connectivity index (χ1n) is 4.79. The normalized spacial score (nSPS) is 13.7. The van der Waals surface area contributed by atoms with Gasteiger partial charge in [0.25, 0.3) is 6.01 Å². The molecule has 2 heterocycles. The van der Waals surface area contributed by atoms with Crippen LogP contribution < -0.4 is 4.74 Å². The Morgan fingerprint density at radius 3 is 2.80 bits per heavy atom. The second kappa shape index (κ2) is 3.08. The van der Waals surface area contributed by atoms with Gasteiger partial charge in [0.1, 0.15) is 12.4 Å². The highest BCUT2D eigenvalue weighted by Gasteiger charge is 2.15. The summed E-state index contributed by atoms with van der Waals surface area (Å²) >= 11 is 0. The quantitative estimate of drug-likeness (QED) is 0.711. The zero-order chi connectivity index (χ0) is 10.3. The van der Waals surface area contributed by atoms with Crippen molar-refractivity contribution in [2.75, 3.05) is 6.61 Å². The van der Waals surface area contributed by atoms with E-state index in [2.05, 4.69) is 4.98 Å². The van der Waals surface area contributed by atoms with Crippen molar-refractivity contribution >= 4 is 0 Å². The number of hydrogen-bond acceptors (Lipinski definition) is 2. The van der Waals surface area contributed by atoms with Gasteiger partial charge in [-0.25, -0.2) is 4.39 Å². The van der Waals surface area contributed by atoms with Crippen LogP contribution in [0.1, 0.15) is 0 Å². The Morgan fingerprint density at radius 2 is 2.07 bits per heavy atom. The number of fused-ring (bicyclic) bond motifs is 1. The summed E-state index contributed by atoms with van der Waals surface area (Å²) in [6.45, 7) is 1.52. The largest absolute Gasteiger partial charge is 0.463 e. The van der Waals surface area contributed by atoms with Gasteiger partial charge >= 0.3 is 0 Å². The van der Waals surface area contributed by atoms with Crippen LogP contribution in [0.4, 0.5) is 4.39 Å². The van der Waals surface area contributed by atoms with Crippen molar-refractivity contribution in [2.45, 2.75) is 6.54 Å². The van der Waals surface area contributed by atoms with E-state index in [9.17, 15) is 4.39 Å². The predicted molar refractivity (Wildman–Crippen MR) is 53.1 cm³/mol. The Labute approximate surface area is 86.1 Å². The molecule has 0 fully saturated rings. The number of halogens is 1. The van der Waals surface area contributed by atoms with Gasteiger partial charge in [0.2, 0.25) is 0 Å². The van der Waals surface area contributed by atoms with Gasteiger partial charge < -0.3 is 4.74 Å². The van der Waals surface area contributed by atoms with Crippen LogP contribution in [0.3, 0.4) is 0 Å². The van der Waals surface area contributed by atoms with E-state index >= 15 is 0 Å². The Balaban J connectivity index is 2.02. The molecule has 0 saturated carbocycles. The van der Waals surface area contributed by atoms with Crippen LogP contribution in [0.25, 0.3) is 11.3 Å². The van der Waals surface area contributed by atoms with E-state index in [4.69, 9.17) is 4.74 Å². The average molecular weight is 204 g/mol. The number of nitrogens with zero attached hydrogens (tertiary/aromatic N) is 2. The minimum Gasteiger partial charge on any atom is -0.463 e. The first kappa shape index (κ1) is 8.47. The fourth-order valence-corrected chi connectivity index (χ4v) is 1.67. The molecular weight excluding hydrogens is 195 g/mol. The molecule has 1 aliphatic heterocycles. The van der Waals surface area contributed by atoms with E-state index in [-0.39, 0.29) is 5.82 Å². The number of ether oxygens (including phenoxy) is 1. The molecule has 0 amide bonds. The number of aromatic nitrogens is 2. The van der Waals surface area contributed by atoms with Gasteiger partial charge in [0.05, 0.1) is 12.2 Å². The summed E-state index contributed by atoms with van der Waals surface area (Å²) in [6.07, 6.45) is 1.93. The Kier molecular flexibility index (Phi) is 1.74. The number of rotatable bonds is 1. The van der Waals surface area contributed by atoms with Gasteiger partial charge in [0.15, 0.2) is 0 Å². The minimum absolute atomic E-state index is 0.234. The maximum Gasteiger partial charge on any atom is 0.297 e. The first-order chi connectivity index (χ1) is 7.33. The van der Waals surface area contributed by atoms with Crippen molar-refractivity contribution in [3.05, 3.63) is 36.3 Å². The Hall–Kier alpha value is -1.84. The molecule has 0 spiro atoms. The molecule has 1 aromatic heterocycles. The van der Waals surface area contributed by atoms with E-state index in [1.165, 1.54) is 12.1 Å². The third kappa shape index (κ3) is 1.38. The lowest BCUT2D eigenvalue weighted by Crippen LogP contribution is -1.92. The van der Waals surface area contributed by atoms with Crippen molar-refractivity contribution in [1.82, 2.24) is 9.55 Å². The predicted octanol–water partition coefficient (Wildman–Crippen LogP) is 2.08. The van der Waals surface area contributed by atoms with Gasteiger partial charge in [-0.2, -0.15) is 4.98 Å². The minimum atomic E-state index is -0.234. The zero-order valence-electron chi connectivity index (χ0n) is 7.98. The molecule has 0 bridgehead atoms. The Morgan fingerprint density at radius 1 is 1.27 bits per heavy atom. The fourth-order valence-electron chi connectivity index (χ4n) is 1.67. The lowest BCUT2D eigenvalue weighted by Gasteiger charge is -1.96. The van der Waals surface area contributed by atoms with E-state index in [1.807, 2.05) is 10.8 Å². The van der Waals surface area contributed by atoms with Crippen molar-refractivity contribution in [2.24, 2.45) is 0 Å². The van der Waals surface area contributed by atoms with Gasteiger partial charge in [-0.05, 0) is 24.3 Å². The molecule has 76 valence electrons. The lowest BCUT2D eigenvalue weighted by molar-refractivity contribution is 0.345. The van der Waals surface area contributed by atoms with Gasteiger partial charge in [-0.3, -0.25) is 4.57 Å². The maximum atomic E-state index is 12.7.